The van der Waals surface area contributed by atoms with Crippen molar-refractivity contribution in [1.29, 1.82) is 0 Å². The van der Waals surface area contributed by atoms with Crippen molar-refractivity contribution >= 4 is 28.7 Å². The molecular weight excluding hydrogens is 336 g/mol. The van der Waals surface area contributed by atoms with E-state index in [1.54, 1.807) is 18.1 Å². The van der Waals surface area contributed by atoms with E-state index in [0.29, 0.717) is 17.3 Å². The monoisotopic (exact) mass is 356 g/mol. The minimum atomic E-state index is 0.420. The highest BCUT2D eigenvalue weighted by Gasteiger charge is 2.30. The standard InChI is InChI=1S/C16H20N8S/c1-2-6-24-14(11-4-5-11)21-22-16(24)25-8-3-7-23-10-20-12-13(17)18-9-19-15(12)23/h2,9-11H,1,3-8H2,(H2,17,18,19). The average molecular weight is 356 g/mol. The van der Waals surface area contributed by atoms with Crippen LogP contribution in [-0.2, 0) is 13.1 Å². The van der Waals surface area contributed by atoms with Gasteiger partial charge in [-0.15, -0.1) is 16.8 Å². The fourth-order valence-corrected chi connectivity index (χ4v) is 3.69. The molecule has 25 heavy (non-hydrogen) atoms. The predicted octanol–water partition coefficient (Wildman–Crippen LogP) is 2.25. The van der Waals surface area contributed by atoms with Gasteiger partial charge < -0.3 is 14.9 Å². The maximum absolute atomic E-state index is 5.82. The third-order valence-electron chi connectivity index (χ3n) is 4.20. The number of hydrogen-bond acceptors (Lipinski definition) is 7. The molecule has 3 aromatic rings. The Morgan fingerprint density at radius 3 is 2.96 bits per heavy atom. The summed E-state index contributed by atoms with van der Waals surface area (Å²) in [4.78, 5) is 12.5. The van der Waals surface area contributed by atoms with Crippen LogP contribution in [0, 0.1) is 0 Å². The maximum atomic E-state index is 5.82. The Morgan fingerprint density at radius 1 is 1.28 bits per heavy atom. The number of allylic oxidation sites excluding steroid dienone is 1. The predicted molar refractivity (Wildman–Crippen MR) is 97.3 cm³/mol. The van der Waals surface area contributed by atoms with Gasteiger partial charge in [0.25, 0.3) is 0 Å². The van der Waals surface area contributed by atoms with Gasteiger partial charge in [0.2, 0.25) is 0 Å². The van der Waals surface area contributed by atoms with Crippen LogP contribution in [0.4, 0.5) is 5.82 Å². The Labute approximate surface area is 149 Å². The average Bonchev–Trinajstić information content (AvgIpc) is 3.25. The normalized spacial score (nSPS) is 14.2. The number of nitrogens with zero attached hydrogens (tertiary/aromatic N) is 7. The largest absolute Gasteiger partial charge is 0.382 e. The first-order chi connectivity index (χ1) is 12.3. The molecular formula is C16H20N8S. The highest BCUT2D eigenvalue weighted by molar-refractivity contribution is 7.99. The Hall–Kier alpha value is -2.42. The molecule has 1 fully saturated rings. The summed E-state index contributed by atoms with van der Waals surface area (Å²) in [6.45, 7) is 5.44. The summed E-state index contributed by atoms with van der Waals surface area (Å²) in [6.07, 6.45) is 8.56. The van der Waals surface area contributed by atoms with E-state index < -0.39 is 0 Å². The zero-order valence-electron chi connectivity index (χ0n) is 13.9. The molecule has 1 saturated carbocycles. The summed E-state index contributed by atoms with van der Waals surface area (Å²) >= 11 is 1.73. The number of thioether (sulfide) groups is 1. The van der Waals surface area contributed by atoms with Crippen LogP contribution in [0.25, 0.3) is 11.2 Å². The summed E-state index contributed by atoms with van der Waals surface area (Å²) < 4.78 is 4.20. The second-order valence-corrected chi connectivity index (χ2v) is 7.15. The van der Waals surface area contributed by atoms with Crippen LogP contribution in [0.3, 0.4) is 0 Å². The van der Waals surface area contributed by atoms with E-state index in [4.69, 9.17) is 5.73 Å². The first-order valence-electron chi connectivity index (χ1n) is 8.36. The van der Waals surface area contributed by atoms with E-state index in [1.807, 2.05) is 10.6 Å². The van der Waals surface area contributed by atoms with Gasteiger partial charge in [-0.2, -0.15) is 0 Å². The van der Waals surface area contributed by atoms with E-state index in [2.05, 4.69) is 36.3 Å². The number of nitrogen functional groups attached to an aromatic ring is 1. The lowest BCUT2D eigenvalue weighted by molar-refractivity contribution is 0.675. The SMILES string of the molecule is C=CCn1c(SCCCn2cnc3c(N)ncnc32)nnc1C1CC1. The summed E-state index contributed by atoms with van der Waals surface area (Å²) in [5.74, 6) is 3.06. The van der Waals surface area contributed by atoms with Crippen molar-refractivity contribution in [2.24, 2.45) is 0 Å². The molecule has 0 aliphatic heterocycles. The molecule has 0 radical (unpaired) electrons. The molecule has 9 heteroatoms. The van der Waals surface area contributed by atoms with Gasteiger partial charge in [0.1, 0.15) is 17.7 Å². The Bertz CT molecular complexity index is 895. The second-order valence-electron chi connectivity index (χ2n) is 6.09. The Morgan fingerprint density at radius 2 is 2.16 bits per heavy atom. The minimum Gasteiger partial charge on any atom is -0.382 e. The minimum absolute atomic E-state index is 0.420. The van der Waals surface area contributed by atoms with Crippen molar-refractivity contribution in [3.8, 4) is 0 Å². The van der Waals surface area contributed by atoms with Gasteiger partial charge in [0.15, 0.2) is 16.6 Å². The Kier molecular flexibility index (Phi) is 4.39. The molecule has 0 bridgehead atoms. The second kappa shape index (κ2) is 6.83. The van der Waals surface area contributed by atoms with Crippen LogP contribution in [0.1, 0.15) is 31.0 Å². The van der Waals surface area contributed by atoms with Crippen LogP contribution in [0.2, 0.25) is 0 Å². The summed E-state index contributed by atoms with van der Waals surface area (Å²) in [5, 5.41) is 9.71. The summed E-state index contributed by atoms with van der Waals surface area (Å²) in [6, 6.07) is 0. The molecule has 0 amide bonds. The fraction of sp³-hybridized carbons (Fsp3) is 0.438. The van der Waals surface area contributed by atoms with Crippen molar-refractivity contribution in [2.75, 3.05) is 11.5 Å². The lowest BCUT2D eigenvalue weighted by atomic mass is 10.4. The highest BCUT2D eigenvalue weighted by atomic mass is 32.2. The number of nitrogens with two attached hydrogens (primary N) is 1. The number of rotatable bonds is 8. The summed E-state index contributed by atoms with van der Waals surface area (Å²) in [7, 11) is 0. The molecule has 2 N–H and O–H groups in total. The molecule has 130 valence electrons. The van der Waals surface area contributed by atoms with E-state index in [1.165, 1.54) is 19.2 Å². The number of fused-ring (bicyclic) bond motifs is 1. The lowest BCUT2D eigenvalue weighted by Crippen LogP contribution is -2.04. The van der Waals surface area contributed by atoms with Crippen molar-refractivity contribution < 1.29 is 0 Å². The smallest absolute Gasteiger partial charge is 0.191 e. The highest BCUT2D eigenvalue weighted by Crippen LogP contribution is 2.40. The molecule has 8 nitrogen and oxygen atoms in total. The Balaban J connectivity index is 1.38. The third kappa shape index (κ3) is 3.23. The first kappa shape index (κ1) is 16.1. The van der Waals surface area contributed by atoms with Gasteiger partial charge in [-0.1, -0.05) is 17.8 Å². The van der Waals surface area contributed by atoms with Crippen LogP contribution in [0.5, 0.6) is 0 Å². The molecule has 0 unspecified atom stereocenters. The van der Waals surface area contributed by atoms with Gasteiger partial charge in [0, 0.05) is 24.8 Å². The molecule has 4 rings (SSSR count). The molecule has 3 heterocycles. The van der Waals surface area contributed by atoms with Crippen LogP contribution < -0.4 is 5.73 Å². The molecule has 1 aliphatic rings. The molecule has 1 aliphatic carbocycles. The molecule has 0 spiro atoms. The molecule has 3 aromatic heterocycles. The molecule has 0 atom stereocenters. The quantitative estimate of drug-likeness (QED) is 0.375. The van der Waals surface area contributed by atoms with Gasteiger partial charge in [-0.05, 0) is 19.3 Å². The van der Waals surface area contributed by atoms with Crippen LogP contribution >= 0.6 is 11.8 Å². The van der Waals surface area contributed by atoms with Crippen molar-refractivity contribution in [1.82, 2.24) is 34.3 Å². The zero-order chi connectivity index (χ0) is 17.2. The topological polar surface area (TPSA) is 100 Å². The van der Waals surface area contributed by atoms with E-state index >= 15 is 0 Å². The number of imidazole rings is 1. The summed E-state index contributed by atoms with van der Waals surface area (Å²) in [5.41, 5.74) is 7.26. The van der Waals surface area contributed by atoms with Gasteiger partial charge in [-0.25, -0.2) is 15.0 Å². The van der Waals surface area contributed by atoms with Crippen molar-refractivity contribution in [2.45, 2.75) is 43.4 Å². The fourth-order valence-electron chi connectivity index (χ4n) is 2.81. The number of hydrogen-bond donors (Lipinski definition) is 1. The maximum Gasteiger partial charge on any atom is 0.191 e. The van der Waals surface area contributed by atoms with Crippen molar-refractivity contribution in [3.63, 3.8) is 0 Å². The van der Waals surface area contributed by atoms with Crippen molar-refractivity contribution in [3.05, 3.63) is 31.1 Å². The zero-order valence-corrected chi connectivity index (χ0v) is 14.7. The molecule has 0 saturated heterocycles. The van der Waals surface area contributed by atoms with E-state index in [-0.39, 0.29) is 0 Å². The first-order valence-corrected chi connectivity index (χ1v) is 9.34. The lowest BCUT2D eigenvalue weighted by Gasteiger charge is -2.07. The molecule has 0 aromatic carbocycles. The van der Waals surface area contributed by atoms with Crippen LogP contribution in [-0.4, -0.2) is 40.0 Å². The number of aromatic nitrogens is 7. The van der Waals surface area contributed by atoms with E-state index in [0.717, 1.165) is 41.9 Å². The van der Waals surface area contributed by atoms with Crippen LogP contribution in [0.15, 0.2) is 30.5 Å². The van der Waals surface area contributed by atoms with E-state index in [9.17, 15) is 0 Å². The van der Waals surface area contributed by atoms with Gasteiger partial charge in [0.05, 0.1) is 6.33 Å². The van der Waals surface area contributed by atoms with Gasteiger partial charge >= 0.3 is 0 Å². The van der Waals surface area contributed by atoms with Gasteiger partial charge in [-0.3, -0.25) is 0 Å². The third-order valence-corrected chi connectivity index (χ3v) is 5.26. The number of aryl methyl sites for hydroxylation is 1. The number of anilines is 1.